The van der Waals surface area contributed by atoms with E-state index in [1.165, 1.54) is 0 Å². The largest absolute Gasteiger partial charge is 0.243 e. The highest BCUT2D eigenvalue weighted by Crippen LogP contribution is 2.48. The average Bonchev–Trinajstić information content (AvgIpc) is 2.70. The summed E-state index contributed by atoms with van der Waals surface area (Å²) in [5.74, 6) is 0. The fourth-order valence-corrected chi connectivity index (χ4v) is 1.37. The van der Waals surface area contributed by atoms with Crippen LogP contribution in [0.25, 0.3) is 0 Å². The van der Waals surface area contributed by atoms with Crippen molar-refractivity contribution in [2.45, 2.75) is 18.5 Å². The highest BCUT2D eigenvalue weighted by Gasteiger charge is 2.46. The van der Waals surface area contributed by atoms with Gasteiger partial charge in [-0.05, 0) is 40.9 Å². The van der Waals surface area contributed by atoms with E-state index in [9.17, 15) is 4.39 Å². The molecule has 2 rings (SSSR count). The molecule has 0 unspecified atom stereocenters. The van der Waals surface area contributed by atoms with Gasteiger partial charge in [-0.3, -0.25) is 0 Å². The monoisotopic (exact) mass is 215 g/mol. The summed E-state index contributed by atoms with van der Waals surface area (Å²) in [6.07, 6.45) is 1.24. The van der Waals surface area contributed by atoms with Crippen molar-refractivity contribution in [2.24, 2.45) is 0 Å². The third-order valence-corrected chi connectivity index (χ3v) is 2.30. The van der Waals surface area contributed by atoms with Crippen LogP contribution in [0.4, 0.5) is 4.39 Å². The first kappa shape index (κ1) is 7.22. The number of hydrogen-bond donors (Lipinski definition) is 0. The molecule has 1 nitrogen and oxygen atoms in total. The lowest BCUT2D eigenvalue weighted by molar-refractivity contribution is 0.309. The minimum atomic E-state index is -1.11. The van der Waals surface area contributed by atoms with E-state index in [0.717, 1.165) is 0 Å². The molecule has 0 atom stereocenters. The Hall–Kier alpha value is -0.440. The van der Waals surface area contributed by atoms with Gasteiger partial charge >= 0.3 is 0 Å². The lowest BCUT2D eigenvalue weighted by Gasteiger charge is -2.02. The fourth-order valence-electron chi connectivity index (χ4n) is 1.02. The van der Waals surface area contributed by atoms with E-state index >= 15 is 0 Å². The van der Waals surface area contributed by atoms with E-state index in [4.69, 9.17) is 0 Å². The standard InChI is InChI=1S/C8H7BrFN/c9-7-3-1-2-6(11-7)8(10)4-5-8/h1-3H,4-5H2. The number of hydrogen-bond acceptors (Lipinski definition) is 1. The zero-order chi connectivity index (χ0) is 7.90. The molecule has 1 heterocycles. The van der Waals surface area contributed by atoms with Crippen LogP contribution in [0.1, 0.15) is 18.5 Å². The highest BCUT2D eigenvalue weighted by molar-refractivity contribution is 9.10. The van der Waals surface area contributed by atoms with Crippen LogP contribution in [0.15, 0.2) is 22.8 Å². The molecule has 1 aliphatic rings. The van der Waals surface area contributed by atoms with Crippen molar-refractivity contribution >= 4 is 15.9 Å². The average molecular weight is 216 g/mol. The molecule has 11 heavy (non-hydrogen) atoms. The van der Waals surface area contributed by atoms with E-state index in [-0.39, 0.29) is 0 Å². The van der Waals surface area contributed by atoms with Crippen LogP contribution in [0, 0.1) is 0 Å². The third-order valence-electron chi connectivity index (χ3n) is 1.86. The molecule has 0 amide bonds. The van der Waals surface area contributed by atoms with Gasteiger partial charge < -0.3 is 0 Å². The molecule has 1 aliphatic carbocycles. The Morgan fingerprint density at radius 2 is 2.18 bits per heavy atom. The molecular weight excluding hydrogens is 209 g/mol. The second-order valence-electron chi connectivity index (χ2n) is 2.81. The van der Waals surface area contributed by atoms with Crippen LogP contribution in [0.5, 0.6) is 0 Å². The van der Waals surface area contributed by atoms with E-state index in [1.54, 1.807) is 12.1 Å². The molecule has 0 aliphatic heterocycles. The predicted octanol–water partition coefficient (Wildman–Crippen LogP) is 2.80. The molecule has 3 heteroatoms. The topological polar surface area (TPSA) is 12.9 Å². The van der Waals surface area contributed by atoms with Gasteiger partial charge in [0.15, 0.2) is 5.67 Å². The van der Waals surface area contributed by atoms with Crippen LogP contribution in [-0.2, 0) is 5.67 Å². The highest BCUT2D eigenvalue weighted by atomic mass is 79.9. The number of aromatic nitrogens is 1. The molecule has 58 valence electrons. The summed E-state index contributed by atoms with van der Waals surface area (Å²) in [6, 6.07) is 5.35. The first-order valence-electron chi connectivity index (χ1n) is 3.53. The molecule has 1 aromatic rings. The predicted molar refractivity (Wildman–Crippen MR) is 44.0 cm³/mol. The summed E-state index contributed by atoms with van der Waals surface area (Å²) in [5.41, 5.74) is -0.545. The van der Waals surface area contributed by atoms with Gasteiger partial charge in [0.2, 0.25) is 0 Å². The van der Waals surface area contributed by atoms with E-state index in [2.05, 4.69) is 20.9 Å². The van der Waals surface area contributed by atoms with Crippen molar-refractivity contribution in [2.75, 3.05) is 0 Å². The lowest BCUT2D eigenvalue weighted by Crippen LogP contribution is -2.00. The van der Waals surface area contributed by atoms with Gasteiger partial charge in [-0.1, -0.05) is 6.07 Å². The summed E-state index contributed by atoms with van der Waals surface area (Å²) in [6.45, 7) is 0. The van der Waals surface area contributed by atoms with Crippen LogP contribution < -0.4 is 0 Å². The smallest absolute Gasteiger partial charge is 0.153 e. The summed E-state index contributed by atoms with van der Waals surface area (Å²) in [5, 5.41) is 0. The third kappa shape index (κ3) is 1.29. The molecule has 1 fully saturated rings. The summed E-state index contributed by atoms with van der Waals surface area (Å²) < 4.78 is 14.0. The van der Waals surface area contributed by atoms with E-state index in [1.807, 2.05) is 6.07 Å². The lowest BCUT2D eigenvalue weighted by atomic mass is 10.2. The first-order valence-corrected chi connectivity index (χ1v) is 4.32. The SMILES string of the molecule is FC1(c2cccc(Br)n2)CC1. The minimum absolute atomic E-state index is 0.562. The Morgan fingerprint density at radius 3 is 2.73 bits per heavy atom. The van der Waals surface area contributed by atoms with Crippen LogP contribution >= 0.6 is 15.9 Å². The molecule has 1 saturated carbocycles. The van der Waals surface area contributed by atoms with Crippen molar-refractivity contribution in [3.8, 4) is 0 Å². The van der Waals surface area contributed by atoms with Crippen molar-refractivity contribution in [1.29, 1.82) is 0 Å². The van der Waals surface area contributed by atoms with E-state index in [0.29, 0.717) is 23.1 Å². The van der Waals surface area contributed by atoms with Crippen molar-refractivity contribution < 1.29 is 4.39 Å². The van der Waals surface area contributed by atoms with Gasteiger partial charge in [-0.2, -0.15) is 0 Å². The van der Waals surface area contributed by atoms with Crippen LogP contribution in [0.2, 0.25) is 0 Å². The summed E-state index contributed by atoms with van der Waals surface area (Å²) in [7, 11) is 0. The normalized spacial score (nSPS) is 19.8. The molecule has 0 N–H and O–H groups in total. The minimum Gasteiger partial charge on any atom is -0.243 e. The van der Waals surface area contributed by atoms with Gasteiger partial charge in [0.25, 0.3) is 0 Å². The maximum atomic E-state index is 13.3. The Labute approximate surface area is 72.8 Å². The molecule has 0 radical (unpaired) electrons. The van der Waals surface area contributed by atoms with E-state index < -0.39 is 5.67 Å². The zero-order valence-electron chi connectivity index (χ0n) is 5.85. The van der Waals surface area contributed by atoms with Gasteiger partial charge in [0.1, 0.15) is 4.60 Å². The quantitative estimate of drug-likeness (QED) is 0.657. The molecule has 1 aromatic heterocycles. The zero-order valence-corrected chi connectivity index (χ0v) is 7.44. The second-order valence-corrected chi connectivity index (χ2v) is 3.62. The fraction of sp³-hybridized carbons (Fsp3) is 0.375. The number of alkyl halides is 1. The second kappa shape index (κ2) is 2.27. The van der Waals surface area contributed by atoms with Gasteiger partial charge in [0, 0.05) is 0 Å². The van der Waals surface area contributed by atoms with Gasteiger partial charge in [0.05, 0.1) is 5.69 Å². The molecular formula is C8H7BrFN. The first-order chi connectivity index (χ1) is 5.21. The van der Waals surface area contributed by atoms with Crippen LogP contribution in [-0.4, -0.2) is 4.98 Å². The Morgan fingerprint density at radius 1 is 1.45 bits per heavy atom. The maximum absolute atomic E-state index is 13.3. The Kier molecular flexibility index (Phi) is 1.49. The summed E-state index contributed by atoms with van der Waals surface area (Å²) >= 11 is 3.20. The van der Waals surface area contributed by atoms with Gasteiger partial charge in [-0.25, -0.2) is 9.37 Å². The van der Waals surface area contributed by atoms with Gasteiger partial charge in [-0.15, -0.1) is 0 Å². The summed E-state index contributed by atoms with van der Waals surface area (Å²) in [4.78, 5) is 4.05. The van der Waals surface area contributed by atoms with Crippen molar-refractivity contribution in [3.05, 3.63) is 28.5 Å². The van der Waals surface area contributed by atoms with Crippen molar-refractivity contribution in [1.82, 2.24) is 4.98 Å². The molecule has 0 spiro atoms. The molecule has 0 saturated heterocycles. The molecule has 0 aromatic carbocycles. The number of nitrogens with zero attached hydrogens (tertiary/aromatic N) is 1. The maximum Gasteiger partial charge on any atom is 0.153 e. The molecule has 0 bridgehead atoms. The van der Waals surface area contributed by atoms with Crippen molar-refractivity contribution in [3.63, 3.8) is 0 Å². The Bertz CT molecular complexity index is 283. The number of halogens is 2. The number of rotatable bonds is 1. The number of pyridine rings is 1. The Balaban J connectivity index is 2.38. The van der Waals surface area contributed by atoms with Crippen LogP contribution in [0.3, 0.4) is 0 Å².